The van der Waals surface area contributed by atoms with Gasteiger partial charge in [-0.1, -0.05) is 19.1 Å². The van der Waals surface area contributed by atoms with Crippen LogP contribution in [0.1, 0.15) is 37.0 Å². The van der Waals surface area contributed by atoms with E-state index in [0.29, 0.717) is 43.0 Å². The van der Waals surface area contributed by atoms with Gasteiger partial charge in [0.25, 0.3) is 5.91 Å². The summed E-state index contributed by atoms with van der Waals surface area (Å²) >= 11 is 1.65. The quantitative estimate of drug-likeness (QED) is 0.298. The lowest BCUT2D eigenvalue weighted by atomic mass is 9.78. The second-order valence-electron chi connectivity index (χ2n) is 11.3. The van der Waals surface area contributed by atoms with Crippen molar-refractivity contribution in [2.75, 3.05) is 26.2 Å². The number of β-lactam (4-membered cyclic amide) rings is 1. The van der Waals surface area contributed by atoms with Crippen LogP contribution in [-0.2, 0) is 9.59 Å². The SMILES string of the molecule is C[C@@H](NC(=O)c1ccccc1-n1cnnn1)[C@H]1C(=O)N2C(CO)=C(S[C@@H]3CN[C@H](C(=O)N4CC[C@@H](N)C4)C3)[C@H](C)[C@H]12. The van der Waals surface area contributed by atoms with Crippen molar-refractivity contribution in [3.63, 3.8) is 0 Å². The molecule has 1 aromatic carbocycles. The topological polar surface area (TPSA) is 172 Å². The zero-order chi connectivity index (χ0) is 28.8. The number of fused-ring (bicyclic) bond motifs is 1. The maximum absolute atomic E-state index is 13.4. The molecule has 6 rings (SSSR count). The Bertz CT molecular complexity index is 1370. The number of rotatable bonds is 8. The highest BCUT2D eigenvalue weighted by Gasteiger charge is 2.59. The first kappa shape index (κ1) is 27.8. The summed E-state index contributed by atoms with van der Waals surface area (Å²) in [5.41, 5.74) is 7.56. The first-order valence-electron chi connectivity index (χ1n) is 14.0. The number of amides is 3. The van der Waals surface area contributed by atoms with Gasteiger partial charge in [-0.25, -0.2) is 0 Å². The van der Waals surface area contributed by atoms with Crippen LogP contribution < -0.4 is 16.4 Å². The lowest BCUT2D eigenvalue weighted by Gasteiger charge is -2.48. The van der Waals surface area contributed by atoms with E-state index in [1.807, 2.05) is 11.8 Å². The minimum Gasteiger partial charge on any atom is -0.390 e. The molecule has 7 atom stereocenters. The fraction of sp³-hybridized carbons (Fsp3) is 0.556. The zero-order valence-corrected chi connectivity index (χ0v) is 23.8. The Kier molecular flexibility index (Phi) is 7.57. The average molecular weight is 582 g/mol. The van der Waals surface area contributed by atoms with Gasteiger partial charge in [0, 0.05) is 47.8 Å². The van der Waals surface area contributed by atoms with Crippen molar-refractivity contribution in [3.05, 3.63) is 46.8 Å². The van der Waals surface area contributed by atoms with Gasteiger partial charge in [0.15, 0.2) is 0 Å². The van der Waals surface area contributed by atoms with Crippen molar-refractivity contribution in [2.24, 2.45) is 17.6 Å². The van der Waals surface area contributed by atoms with Crippen LogP contribution in [0, 0.1) is 11.8 Å². The summed E-state index contributed by atoms with van der Waals surface area (Å²) in [5.74, 6) is -0.765. The van der Waals surface area contributed by atoms with Gasteiger partial charge in [0.05, 0.1) is 41.6 Å². The van der Waals surface area contributed by atoms with Crippen molar-refractivity contribution in [1.29, 1.82) is 0 Å². The van der Waals surface area contributed by atoms with E-state index in [4.69, 9.17) is 5.73 Å². The summed E-state index contributed by atoms with van der Waals surface area (Å²) in [7, 11) is 0. The predicted molar refractivity (Wildman–Crippen MR) is 150 cm³/mol. The molecule has 0 aliphatic carbocycles. The highest BCUT2D eigenvalue weighted by Crippen LogP contribution is 2.51. The molecule has 4 aliphatic rings. The van der Waals surface area contributed by atoms with E-state index in [9.17, 15) is 19.5 Å². The van der Waals surface area contributed by atoms with Gasteiger partial charge in [-0.15, -0.1) is 16.9 Å². The van der Waals surface area contributed by atoms with Gasteiger partial charge >= 0.3 is 0 Å². The van der Waals surface area contributed by atoms with E-state index in [-0.39, 0.29) is 53.6 Å². The Morgan fingerprint density at radius 2 is 2.12 bits per heavy atom. The summed E-state index contributed by atoms with van der Waals surface area (Å²) in [6, 6.07) is 6.21. The summed E-state index contributed by atoms with van der Waals surface area (Å²) in [4.78, 5) is 44.2. The van der Waals surface area contributed by atoms with Crippen LogP contribution in [0.15, 0.2) is 41.2 Å². The Morgan fingerprint density at radius 3 is 2.83 bits per heavy atom. The standard InChI is InChI=1S/C27H35N9O4S/c1-14-23-22(15(2)31-25(38)18-5-3-4-6-20(18)35-13-30-32-33-35)27(40)36(23)21(12-37)24(14)41-17-9-19(29-10-17)26(39)34-8-7-16(28)11-34/h3-6,13-17,19,22-23,29,37H,7-12,28H2,1-2H3,(H,31,38)/t14-,15-,16-,17+,19+,22-,23-/m1/s1. The van der Waals surface area contributed by atoms with Crippen LogP contribution in [0.25, 0.3) is 5.69 Å². The average Bonchev–Trinajstić information content (AvgIpc) is 3.77. The Labute approximate surface area is 241 Å². The highest BCUT2D eigenvalue weighted by molar-refractivity contribution is 8.03. The normalized spacial score (nSPS) is 30.0. The van der Waals surface area contributed by atoms with Crippen LogP contribution in [0.2, 0.25) is 0 Å². The van der Waals surface area contributed by atoms with Crippen LogP contribution in [0.3, 0.4) is 0 Å². The molecule has 2 aromatic rings. The van der Waals surface area contributed by atoms with Gasteiger partial charge in [-0.3, -0.25) is 14.4 Å². The van der Waals surface area contributed by atoms with Gasteiger partial charge in [-0.05, 0) is 42.3 Å². The second kappa shape index (κ2) is 11.2. The number of likely N-dealkylation sites (tertiary alicyclic amines) is 1. The number of nitrogens with one attached hydrogen (secondary N) is 2. The van der Waals surface area contributed by atoms with Gasteiger partial charge in [0.1, 0.15) is 6.33 Å². The van der Waals surface area contributed by atoms with E-state index >= 15 is 0 Å². The number of thioether (sulfide) groups is 1. The molecule has 1 aromatic heterocycles. The minimum absolute atomic E-state index is 0.0101. The van der Waals surface area contributed by atoms with Crippen LogP contribution >= 0.6 is 11.8 Å². The number of carbonyl (C=O) groups excluding carboxylic acids is 3. The van der Waals surface area contributed by atoms with Crippen LogP contribution in [0.4, 0.5) is 0 Å². The number of aromatic nitrogens is 4. The Morgan fingerprint density at radius 1 is 1.32 bits per heavy atom. The first-order chi connectivity index (χ1) is 19.8. The van der Waals surface area contributed by atoms with Crippen molar-refractivity contribution in [3.8, 4) is 5.69 Å². The first-order valence-corrected chi connectivity index (χ1v) is 14.9. The second-order valence-corrected chi connectivity index (χ2v) is 12.6. The molecule has 3 fully saturated rings. The van der Waals surface area contributed by atoms with Crippen molar-refractivity contribution in [2.45, 2.75) is 56.1 Å². The van der Waals surface area contributed by atoms with Crippen molar-refractivity contribution >= 4 is 29.5 Å². The summed E-state index contributed by atoms with van der Waals surface area (Å²) in [5, 5.41) is 28.0. The number of benzene rings is 1. The van der Waals surface area contributed by atoms with Crippen molar-refractivity contribution in [1.82, 2.24) is 40.6 Å². The molecule has 0 saturated carbocycles. The summed E-state index contributed by atoms with van der Waals surface area (Å²) in [6.07, 6.45) is 2.93. The molecule has 218 valence electrons. The monoisotopic (exact) mass is 581 g/mol. The fourth-order valence-corrected chi connectivity index (χ4v) is 8.12. The van der Waals surface area contributed by atoms with Crippen molar-refractivity contribution < 1.29 is 19.5 Å². The molecule has 3 amide bonds. The number of carbonyl (C=O) groups is 3. The number of tetrazole rings is 1. The van der Waals surface area contributed by atoms with E-state index in [0.717, 1.165) is 11.3 Å². The number of hydrogen-bond donors (Lipinski definition) is 4. The fourth-order valence-electron chi connectivity index (χ4n) is 6.64. The van der Waals surface area contributed by atoms with E-state index in [1.54, 1.807) is 40.9 Å². The van der Waals surface area contributed by atoms with Gasteiger partial charge < -0.3 is 31.3 Å². The Balaban J connectivity index is 1.11. The zero-order valence-electron chi connectivity index (χ0n) is 23.0. The number of nitrogens with two attached hydrogens (primary N) is 1. The molecular weight excluding hydrogens is 546 g/mol. The highest BCUT2D eigenvalue weighted by atomic mass is 32.2. The largest absolute Gasteiger partial charge is 0.390 e. The molecule has 13 nitrogen and oxygen atoms in total. The van der Waals surface area contributed by atoms with Gasteiger partial charge in [-0.2, -0.15) is 4.68 Å². The summed E-state index contributed by atoms with van der Waals surface area (Å²) in [6.45, 7) is 5.64. The molecule has 5 N–H and O–H groups in total. The lowest BCUT2D eigenvalue weighted by molar-refractivity contribution is -0.154. The third kappa shape index (κ3) is 4.92. The molecule has 0 radical (unpaired) electrons. The molecule has 41 heavy (non-hydrogen) atoms. The van der Waals surface area contributed by atoms with E-state index in [1.165, 1.54) is 11.0 Å². The summed E-state index contributed by atoms with van der Waals surface area (Å²) < 4.78 is 1.42. The molecule has 0 unspecified atom stereocenters. The third-order valence-electron chi connectivity index (χ3n) is 8.70. The molecule has 0 spiro atoms. The Hall–Kier alpha value is -3.33. The maximum atomic E-state index is 13.4. The molecule has 5 heterocycles. The molecule has 14 heteroatoms. The molecule has 0 bridgehead atoms. The minimum atomic E-state index is -0.438. The van der Waals surface area contributed by atoms with E-state index < -0.39 is 12.0 Å². The molecular formula is C27H35N9O4S. The number of nitrogens with zero attached hydrogens (tertiary/aromatic N) is 6. The van der Waals surface area contributed by atoms with Crippen LogP contribution in [0.5, 0.6) is 0 Å². The molecule has 3 saturated heterocycles. The number of hydrogen-bond acceptors (Lipinski definition) is 10. The van der Waals surface area contributed by atoms with Crippen LogP contribution in [-0.4, -0.2) is 108 Å². The molecule has 4 aliphatic heterocycles. The van der Waals surface area contributed by atoms with Gasteiger partial charge in [0.2, 0.25) is 11.8 Å². The third-order valence-corrected chi connectivity index (χ3v) is 10.3. The lowest BCUT2D eigenvalue weighted by Crippen LogP contribution is -2.65. The van der Waals surface area contributed by atoms with E-state index in [2.05, 4.69) is 33.1 Å². The predicted octanol–water partition coefficient (Wildman–Crippen LogP) is -0.515. The number of aliphatic hydroxyl groups excluding tert-OH is 1. The maximum Gasteiger partial charge on any atom is 0.253 e. The smallest absolute Gasteiger partial charge is 0.253 e. The number of para-hydroxylation sites is 1. The number of aliphatic hydroxyl groups is 1.